The van der Waals surface area contributed by atoms with Gasteiger partial charge in [0.05, 0.1) is 11.0 Å². The van der Waals surface area contributed by atoms with Gasteiger partial charge in [0.25, 0.3) is 0 Å². The van der Waals surface area contributed by atoms with Crippen LogP contribution in [0.25, 0.3) is 16.6 Å². The van der Waals surface area contributed by atoms with E-state index in [9.17, 15) is 4.39 Å². The van der Waals surface area contributed by atoms with Crippen molar-refractivity contribution in [3.8, 4) is 0 Å². The second kappa shape index (κ2) is 11.2. The molecular weight excluding hydrogens is 463 g/mol. The number of aliphatic imine (C=N–C) groups is 1. The molecule has 1 saturated carbocycles. The largest absolute Gasteiger partial charge is 0.404 e. The third-order valence-corrected chi connectivity index (χ3v) is 7.64. The fraction of sp³-hybridized carbons (Fsp3) is 0.480. The molecule has 3 aromatic heterocycles. The molecule has 3 aromatic rings. The van der Waals surface area contributed by atoms with E-state index in [1.54, 1.807) is 23.7 Å². The first-order valence-corrected chi connectivity index (χ1v) is 13.2. The van der Waals surface area contributed by atoms with Gasteiger partial charge < -0.3 is 16.0 Å². The number of pyridine rings is 2. The van der Waals surface area contributed by atoms with Gasteiger partial charge in [-0.1, -0.05) is 24.2 Å². The second-order valence-corrected chi connectivity index (χ2v) is 10.2. The van der Waals surface area contributed by atoms with Crippen LogP contribution < -0.4 is 11.1 Å². The lowest BCUT2D eigenvalue weighted by Crippen LogP contribution is -2.22. The summed E-state index contributed by atoms with van der Waals surface area (Å²) >= 11 is 1.61. The molecule has 0 spiro atoms. The van der Waals surface area contributed by atoms with Crippen LogP contribution in [0.3, 0.4) is 0 Å². The number of nitrogens with zero attached hydrogens (tertiary/aromatic N) is 6. The lowest BCUT2D eigenvalue weighted by molar-refractivity contribution is 0.287. The maximum atomic E-state index is 13.3. The Kier molecular flexibility index (Phi) is 7.58. The third-order valence-electron chi connectivity index (χ3n) is 6.64. The van der Waals surface area contributed by atoms with Crippen molar-refractivity contribution in [1.82, 2.24) is 25.1 Å². The van der Waals surface area contributed by atoms with Gasteiger partial charge >= 0.3 is 0 Å². The molecule has 4 heterocycles. The van der Waals surface area contributed by atoms with Gasteiger partial charge in [-0.25, -0.2) is 9.37 Å². The van der Waals surface area contributed by atoms with Crippen molar-refractivity contribution >= 4 is 45.1 Å². The van der Waals surface area contributed by atoms with E-state index >= 15 is 0 Å². The molecule has 1 saturated heterocycles. The number of fused-ring (bicyclic) bond motifs is 1. The van der Waals surface area contributed by atoms with E-state index in [-0.39, 0.29) is 0 Å². The molecule has 2 aliphatic rings. The highest BCUT2D eigenvalue weighted by Crippen LogP contribution is 2.37. The number of alkyl halides is 1. The number of likely N-dealkylation sites (tertiary alicyclic amines) is 1. The Labute approximate surface area is 208 Å². The number of nitrogens with two attached hydrogens (primary N) is 1. The fourth-order valence-corrected chi connectivity index (χ4v) is 5.64. The van der Waals surface area contributed by atoms with E-state index in [0.29, 0.717) is 31.2 Å². The van der Waals surface area contributed by atoms with Gasteiger partial charge in [0.15, 0.2) is 0 Å². The molecule has 35 heavy (non-hydrogen) atoms. The lowest BCUT2D eigenvalue weighted by atomic mass is 10.1. The first kappa shape index (κ1) is 23.7. The van der Waals surface area contributed by atoms with E-state index in [0.717, 1.165) is 51.8 Å². The molecule has 1 atom stereocenters. The van der Waals surface area contributed by atoms with E-state index in [1.165, 1.54) is 31.9 Å². The summed E-state index contributed by atoms with van der Waals surface area (Å²) in [4.78, 5) is 15.9. The van der Waals surface area contributed by atoms with Crippen molar-refractivity contribution in [3.05, 3.63) is 41.2 Å². The summed E-state index contributed by atoms with van der Waals surface area (Å²) in [5.41, 5.74) is 9.09. The van der Waals surface area contributed by atoms with E-state index in [4.69, 9.17) is 10.7 Å². The smallest absolute Gasteiger partial charge is 0.211 e. The number of rotatable bonds is 9. The first-order valence-electron chi connectivity index (χ1n) is 12.3. The predicted molar refractivity (Wildman–Crippen MR) is 140 cm³/mol. The summed E-state index contributed by atoms with van der Waals surface area (Å²) < 4.78 is 13.3. The van der Waals surface area contributed by atoms with E-state index < -0.39 is 6.17 Å². The summed E-state index contributed by atoms with van der Waals surface area (Å²) in [6, 6.07) is 5.81. The Balaban J connectivity index is 1.22. The summed E-state index contributed by atoms with van der Waals surface area (Å²) in [5, 5.41) is 13.9. The van der Waals surface area contributed by atoms with Crippen molar-refractivity contribution < 1.29 is 4.39 Å². The van der Waals surface area contributed by atoms with Gasteiger partial charge in [-0.15, -0.1) is 10.2 Å². The van der Waals surface area contributed by atoms with Crippen molar-refractivity contribution in [3.63, 3.8) is 0 Å². The van der Waals surface area contributed by atoms with Gasteiger partial charge in [-0.3, -0.25) is 9.98 Å². The molecule has 0 bridgehead atoms. The Bertz CT molecular complexity index is 1200. The van der Waals surface area contributed by atoms with E-state index in [2.05, 4.69) is 30.4 Å². The minimum Gasteiger partial charge on any atom is -0.404 e. The third kappa shape index (κ3) is 5.99. The normalized spacial score (nSPS) is 19.9. The number of hydrogen-bond donors (Lipinski definition) is 2. The van der Waals surface area contributed by atoms with Gasteiger partial charge in [0, 0.05) is 61.8 Å². The maximum absolute atomic E-state index is 13.3. The van der Waals surface area contributed by atoms with Crippen molar-refractivity contribution in [2.75, 3.05) is 31.5 Å². The topological polar surface area (TPSA) is 105 Å². The average molecular weight is 495 g/mol. The van der Waals surface area contributed by atoms with Crippen LogP contribution in [0.1, 0.15) is 55.0 Å². The Morgan fingerprint density at radius 3 is 2.91 bits per heavy atom. The summed E-state index contributed by atoms with van der Waals surface area (Å²) in [5.74, 6) is 1.25. The van der Waals surface area contributed by atoms with Crippen LogP contribution in [-0.4, -0.2) is 63.6 Å². The highest BCUT2D eigenvalue weighted by molar-refractivity contribution is 7.15. The Morgan fingerprint density at radius 1 is 1.23 bits per heavy atom. The molecule has 5 rings (SSSR count). The number of aromatic nitrogens is 4. The molecule has 0 unspecified atom stereocenters. The molecule has 184 valence electrons. The van der Waals surface area contributed by atoms with Crippen LogP contribution in [0.4, 0.5) is 15.3 Å². The molecule has 0 amide bonds. The number of nitrogens with one attached hydrogen (secondary N) is 1. The maximum Gasteiger partial charge on any atom is 0.211 e. The van der Waals surface area contributed by atoms with Crippen LogP contribution in [0.5, 0.6) is 0 Å². The van der Waals surface area contributed by atoms with Crippen LogP contribution >= 0.6 is 11.3 Å². The van der Waals surface area contributed by atoms with Crippen LogP contribution in [0, 0.1) is 0 Å². The standard InChI is InChI=1S/C25H31FN8S/c26-20-8-11-34(16-20)10-3-9-28-14-19(13-27)18-12-22-21(29-15-18)6-7-23(30-22)31-25-33-32-24(35-25)17-4-1-2-5-17/h6-7,12-15,17,20H,1-5,8-11,16,27H2,(H,30,31,33)/t20-/m0/s1. The van der Waals surface area contributed by atoms with Crippen LogP contribution in [0.2, 0.25) is 0 Å². The highest BCUT2D eigenvalue weighted by atomic mass is 32.1. The SMILES string of the molecule is NC=C(C=NCCCN1CC[C@H](F)C1)c1cnc2ccc(Nc3nnc(C4CCCC4)s3)nc2c1. The fourth-order valence-electron chi connectivity index (χ4n) is 4.72. The van der Waals surface area contributed by atoms with Gasteiger partial charge in [0.1, 0.15) is 17.0 Å². The van der Waals surface area contributed by atoms with Crippen LogP contribution in [0.15, 0.2) is 35.6 Å². The second-order valence-electron chi connectivity index (χ2n) is 9.21. The number of anilines is 2. The zero-order valence-electron chi connectivity index (χ0n) is 19.7. The molecule has 1 aliphatic heterocycles. The van der Waals surface area contributed by atoms with Crippen molar-refractivity contribution in [1.29, 1.82) is 0 Å². The molecule has 1 aliphatic carbocycles. The van der Waals surface area contributed by atoms with Gasteiger partial charge in [0.2, 0.25) is 5.13 Å². The number of halogens is 1. The monoisotopic (exact) mass is 494 g/mol. The first-order chi connectivity index (χ1) is 17.2. The zero-order valence-corrected chi connectivity index (χ0v) is 20.6. The van der Waals surface area contributed by atoms with Crippen molar-refractivity contribution in [2.45, 2.75) is 50.6 Å². The summed E-state index contributed by atoms with van der Waals surface area (Å²) in [6.07, 6.45) is 10.9. The molecule has 0 aromatic carbocycles. The number of allylic oxidation sites excluding steroid dienone is 1. The molecule has 8 nitrogen and oxygen atoms in total. The highest BCUT2D eigenvalue weighted by Gasteiger charge is 2.22. The quantitative estimate of drug-likeness (QED) is 0.328. The predicted octanol–water partition coefficient (Wildman–Crippen LogP) is 4.69. The molecule has 2 fully saturated rings. The molecule has 10 heteroatoms. The van der Waals surface area contributed by atoms with Gasteiger partial charge in [-0.05, 0) is 43.9 Å². The molecule has 3 N–H and O–H groups in total. The zero-order chi connectivity index (χ0) is 24.0. The van der Waals surface area contributed by atoms with Crippen molar-refractivity contribution in [2.24, 2.45) is 10.7 Å². The summed E-state index contributed by atoms with van der Waals surface area (Å²) in [6.45, 7) is 2.92. The van der Waals surface area contributed by atoms with Gasteiger partial charge in [-0.2, -0.15) is 0 Å². The minimum atomic E-state index is -0.678. The Morgan fingerprint density at radius 2 is 2.11 bits per heavy atom. The van der Waals surface area contributed by atoms with Crippen LogP contribution in [-0.2, 0) is 0 Å². The van der Waals surface area contributed by atoms with E-state index in [1.807, 2.05) is 18.2 Å². The Hall–Kier alpha value is -2.98. The summed E-state index contributed by atoms with van der Waals surface area (Å²) in [7, 11) is 0. The minimum absolute atomic E-state index is 0.547. The molecular formula is C25H31FN8S. The average Bonchev–Trinajstić information content (AvgIpc) is 3.63. The lowest BCUT2D eigenvalue weighted by Gasteiger charge is -2.12. The number of hydrogen-bond acceptors (Lipinski definition) is 9. The molecule has 0 radical (unpaired) electrons.